The molecule has 0 spiro atoms. The topological polar surface area (TPSA) is 64.1 Å². The van der Waals surface area contributed by atoms with Gasteiger partial charge in [-0.25, -0.2) is 0 Å². The molecule has 0 radical (unpaired) electrons. The Hall–Kier alpha value is -1.68. The van der Waals surface area contributed by atoms with Crippen LogP contribution in [0.2, 0.25) is 0 Å². The molecule has 0 aliphatic rings. The predicted octanol–water partition coefficient (Wildman–Crippen LogP) is 3.28. The number of nitrogens with one attached hydrogen (secondary N) is 1. The molecule has 3 heteroatoms. The lowest BCUT2D eigenvalue weighted by Crippen LogP contribution is -2.34. The van der Waals surface area contributed by atoms with Crippen molar-refractivity contribution in [3.63, 3.8) is 0 Å². The first-order chi connectivity index (χ1) is 12.3. The largest absolute Gasteiger partial charge is 0.329 e. The van der Waals surface area contributed by atoms with Crippen LogP contribution < -0.4 is 16.8 Å². The van der Waals surface area contributed by atoms with Crippen LogP contribution in [0.15, 0.2) is 60.7 Å². The van der Waals surface area contributed by atoms with Gasteiger partial charge in [-0.3, -0.25) is 0 Å². The molecular formula is C22H33N3. The highest BCUT2D eigenvalue weighted by Gasteiger charge is 2.09. The molecule has 0 aliphatic heterocycles. The van der Waals surface area contributed by atoms with Gasteiger partial charge < -0.3 is 16.8 Å². The third-order valence-electron chi connectivity index (χ3n) is 4.74. The van der Waals surface area contributed by atoms with Crippen LogP contribution in [0.3, 0.4) is 0 Å². The molecule has 0 aliphatic carbocycles. The van der Waals surface area contributed by atoms with Gasteiger partial charge in [-0.15, -0.1) is 0 Å². The maximum absolute atomic E-state index is 5.91. The molecule has 5 N–H and O–H groups in total. The molecule has 25 heavy (non-hydrogen) atoms. The monoisotopic (exact) mass is 339 g/mol. The second-order valence-corrected chi connectivity index (χ2v) is 6.84. The second-order valence-electron chi connectivity index (χ2n) is 6.84. The highest BCUT2D eigenvalue weighted by Crippen LogP contribution is 2.11. The van der Waals surface area contributed by atoms with Gasteiger partial charge in [0, 0.05) is 18.6 Å². The number of nitrogens with two attached hydrogens (primary N) is 2. The van der Waals surface area contributed by atoms with Crippen molar-refractivity contribution >= 4 is 0 Å². The normalized spacial score (nSPS) is 12.4. The van der Waals surface area contributed by atoms with Gasteiger partial charge in [-0.2, -0.15) is 0 Å². The van der Waals surface area contributed by atoms with E-state index >= 15 is 0 Å². The summed E-state index contributed by atoms with van der Waals surface area (Å²) in [6, 6.07) is 22.2. The summed E-state index contributed by atoms with van der Waals surface area (Å²) in [5, 5.41) is 3.74. The van der Waals surface area contributed by atoms with Crippen molar-refractivity contribution in [3.05, 3.63) is 71.8 Å². The van der Waals surface area contributed by atoms with E-state index in [4.69, 9.17) is 11.5 Å². The minimum absolute atomic E-state index is 0.133. The SMILES string of the molecule is NCC(N)CCCNC(CCc1ccccc1)CCc1ccccc1. The van der Waals surface area contributed by atoms with Crippen LogP contribution in [0.25, 0.3) is 0 Å². The smallest absolute Gasteiger partial charge is 0.0163 e. The Balaban J connectivity index is 1.79. The fraction of sp³-hybridized carbons (Fsp3) is 0.455. The Morgan fingerprint density at radius 1 is 0.760 bits per heavy atom. The molecule has 2 aromatic carbocycles. The van der Waals surface area contributed by atoms with Crippen LogP contribution in [0.1, 0.15) is 36.8 Å². The van der Waals surface area contributed by atoms with Crippen LogP contribution in [0.5, 0.6) is 0 Å². The molecule has 136 valence electrons. The Labute approximate surface area is 152 Å². The molecule has 3 nitrogen and oxygen atoms in total. The van der Waals surface area contributed by atoms with E-state index in [1.54, 1.807) is 0 Å². The van der Waals surface area contributed by atoms with E-state index < -0.39 is 0 Å². The van der Waals surface area contributed by atoms with Gasteiger partial charge in [-0.05, 0) is 56.2 Å². The van der Waals surface area contributed by atoms with Gasteiger partial charge in [0.1, 0.15) is 0 Å². The fourth-order valence-corrected chi connectivity index (χ4v) is 3.11. The summed E-state index contributed by atoms with van der Waals surface area (Å²) < 4.78 is 0. The zero-order valence-corrected chi connectivity index (χ0v) is 15.2. The molecule has 2 aromatic rings. The number of hydrogen-bond acceptors (Lipinski definition) is 3. The maximum atomic E-state index is 5.91. The third-order valence-corrected chi connectivity index (χ3v) is 4.74. The van der Waals surface area contributed by atoms with E-state index in [0.717, 1.165) is 32.2 Å². The van der Waals surface area contributed by atoms with Gasteiger partial charge in [0.25, 0.3) is 0 Å². The predicted molar refractivity (Wildman–Crippen MR) is 108 cm³/mol. The minimum Gasteiger partial charge on any atom is -0.329 e. The van der Waals surface area contributed by atoms with Crippen molar-refractivity contribution < 1.29 is 0 Å². The minimum atomic E-state index is 0.133. The number of rotatable bonds is 12. The quantitative estimate of drug-likeness (QED) is 0.520. The molecular weight excluding hydrogens is 306 g/mol. The van der Waals surface area contributed by atoms with Crippen LogP contribution in [0.4, 0.5) is 0 Å². The summed E-state index contributed by atoms with van der Waals surface area (Å²) in [5.41, 5.74) is 14.3. The van der Waals surface area contributed by atoms with E-state index in [1.807, 2.05) is 0 Å². The van der Waals surface area contributed by atoms with E-state index in [0.29, 0.717) is 12.6 Å². The van der Waals surface area contributed by atoms with E-state index in [9.17, 15) is 0 Å². The summed E-state index contributed by atoms with van der Waals surface area (Å²) in [4.78, 5) is 0. The standard InChI is InChI=1S/C22H33N3/c23-18-21(24)12-7-17-25-22(15-13-19-8-3-1-4-9-19)16-14-20-10-5-2-6-11-20/h1-6,8-11,21-22,25H,7,12-18,23-24H2. The van der Waals surface area contributed by atoms with Gasteiger partial charge in [0.05, 0.1) is 0 Å². The summed E-state index contributed by atoms with van der Waals surface area (Å²) >= 11 is 0. The zero-order chi connectivity index (χ0) is 17.7. The lowest BCUT2D eigenvalue weighted by molar-refractivity contribution is 0.438. The first kappa shape index (κ1) is 19.6. The lowest BCUT2D eigenvalue weighted by atomic mass is 9.99. The van der Waals surface area contributed by atoms with Crippen molar-refractivity contribution in [1.82, 2.24) is 5.32 Å². The Kier molecular flexibility index (Phi) is 9.27. The molecule has 0 amide bonds. The van der Waals surface area contributed by atoms with Crippen LogP contribution in [-0.4, -0.2) is 25.2 Å². The maximum Gasteiger partial charge on any atom is 0.0163 e. The summed E-state index contributed by atoms with van der Waals surface area (Å²) in [7, 11) is 0. The molecule has 0 fully saturated rings. The van der Waals surface area contributed by atoms with Gasteiger partial charge in [0.15, 0.2) is 0 Å². The van der Waals surface area contributed by atoms with Crippen molar-refractivity contribution in [2.75, 3.05) is 13.1 Å². The molecule has 2 rings (SSSR count). The van der Waals surface area contributed by atoms with Crippen molar-refractivity contribution in [2.24, 2.45) is 11.5 Å². The van der Waals surface area contributed by atoms with Gasteiger partial charge >= 0.3 is 0 Å². The average Bonchev–Trinajstić information content (AvgIpc) is 2.68. The van der Waals surface area contributed by atoms with Gasteiger partial charge in [0.2, 0.25) is 0 Å². The number of hydrogen-bond donors (Lipinski definition) is 3. The summed E-state index contributed by atoms with van der Waals surface area (Å²) in [6.45, 7) is 1.59. The Morgan fingerprint density at radius 3 is 1.76 bits per heavy atom. The van der Waals surface area contributed by atoms with Crippen molar-refractivity contribution in [3.8, 4) is 0 Å². The lowest BCUT2D eigenvalue weighted by Gasteiger charge is -2.19. The number of benzene rings is 2. The third kappa shape index (κ3) is 8.30. The fourth-order valence-electron chi connectivity index (χ4n) is 3.11. The Morgan fingerprint density at radius 2 is 1.28 bits per heavy atom. The molecule has 0 saturated carbocycles. The summed E-state index contributed by atoms with van der Waals surface area (Å²) in [6.07, 6.45) is 6.66. The van der Waals surface area contributed by atoms with E-state index in [-0.39, 0.29) is 6.04 Å². The van der Waals surface area contributed by atoms with E-state index in [1.165, 1.54) is 24.0 Å². The highest BCUT2D eigenvalue weighted by atomic mass is 14.9. The number of aryl methyl sites for hydroxylation is 2. The molecule has 0 heterocycles. The Bertz CT molecular complexity index is 512. The van der Waals surface area contributed by atoms with E-state index in [2.05, 4.69) is 66.0 Å². The van der Waals surface area contributed by atoms with Crippen LogP contribution >= 0.6 is 0 Å². The summed E-state index contributed by atoms with van der Waals surface area (Å²) in [5.74, 6) is 0. The first-order valence-electron chi connectivity index (χ1n) is 9.55. The zero-order valence-electron chi connectivity index (χ0n) is 15.2. The molecule has 0 aromatic heterocycles. The average molecular weight is 340 g/mol. The van der Waals surface area contributed by atoms with Crippen molar-refractivity contribution in [2.45, 2.75) is 50.6 Å². The molecule has 1 atom stereocenters. The molecule has 0 saturated heterocycles. The highest BCUT2D eigenvalue weighted by molar-refractivity contribution is 5.16. The first-order valence-corrected chi connectivity index (χ1v) is 9.55. The molecule has 1 unspecified atom stereocenters. The molecule has 0 bridgehead atoms. The second kappa shape index (κ2) is 11.8. The van der Waals surface area contributed by atoms with Crippen LogP contribution in [0, 0.1) is 0 Å². The van der Waals surface area contributed by atoms with Crippen LogP contribution in [-0.2, 0) is 12.8 Å². The van der Waals surface area contributed by atoms with Gasteiger partial charge in [-0.1, -0.05) is 60.7 Å². The van der Waals surface area contributed by atoms with Crippen molar-refractivity contribution in [1.29, 1.82) is 0 Å².